The molecule has 1 heterocycles. The van der Waals surface area contributed by atoms with Gasteiger partial charge in [0.2, 0.25) is 0 Å². The normalized spacial score (nSPS) is 17.1. The molecule has 96 valence electrons. The third-order valence-electron chi connectivity index (χ3n) is 2.49. The van der Waals surface area contributed by atoms with E-state index in [9.17, 15) is 14.0 Å². The third kappa shape index (κ3) is 3.01. The van der Waals surface area contributed by atoms with Crippen molar-refractivity contribution in [1.29, 1.82) is 5.26 Å². The number of thioether (sulfide) groups is 1. The van der Waals surface area contributed by atoms with Gasteiger partial charge in [-0.25, -0.2) is 4.39 Å². The zero-order chi connectivity index (χ0) is 13.8. The number of nitriles is 1. The lowest BCUT2D eigenvalue weighted by Gasteiger charge is -2.08. The van der Waals surface area contributed by atoms with Gasteiger partial charge in [0.05, 0.1) is 17.4 Å². The van der Waals surface area contributed by atoms with Crippen LogP contribution in [0.1, 0.15) is 12.0 Å². The van der Waals surface area contributed by atoms with Crippen molar-refractivity contribution in [3.63, 3.8) is 0 Å². The fraction of sp³-hybridized carbons (Fsp3) is 0.154. The number of hydrogen-bond donors (Lipinski definition) is 0. The molecule has 1 aromatic carbocycles. The molecule has 1 fully saturated rings. The zero-order valence-electron chi connectivity index (χ0n) is 9.80. The van der Waals surface area contributed by atoms with Gasteiger partial charge in [-0.3, -0.25) is 14.5 Å². The Morgan fingerprint density at radius 1 is 1.32 bits per heavy atom. The Bertz CT molecular complexity index is 590. The van der Waals surface area contributed by atoms with Gasteiger partial charge in [-0.15, -0.1) is 0 Å². The Labute approximate surface area is 113 Å². The number of carbonyl (C=O) groups is 2. The smallest absolute Gasteiger partial charge is 0.268 e. The minimum Gasteiger partial charge on any atom is -0.268 e. The number of amides is 2. The van der Waals surface area contributed by atoms with Crippen LogP contribution in [0.2, 0.25) is 0 Å². The summed E-state index contributed by atoms with van der Waals surface area (Å²) in [6.45, 7) is 0.0991. The lowest BCUT2D eigenvalue weighted by molar-refractivity contribution is -0.122. The number of benzene rings is 1. The summed E-state index contributed by atoms with van der Waals surface area (Å²) in [5, 5.41) is 8.09. The summed E-state index contributed by atoms with van der Waals surface area (Å²) in [5.41, 5.74) is 0.646. The van der Waals surface area contributed by atoms with E-state index in [1.54, 1.807) is 0 Å². The molecule has 1 saturated heterocycles. The van der Waals surface area contributed by atoms with E-state index in [2.05, 4.69) is 0 Å². The van der Waals surface area contributed by atoms with Gasteiger partial charge in [-0.2, -0.15) is 5.26 Å². The molecule has 6 heteroatoms. The maximum atomic E-state index is 12.8. The fourth-order valence-electron chi connectivity index (χ4n) is 1.56. The Balaban J connectivity index is 2.18. The minimum absolute atomic E-state index is 0.0991. The maximum absolute atomic E-state index is 12.8. The largest absolute Gasteiger partial charge is 0.293 e. The van der Waals surface area contributed by atoms with Crippen molar-refractivity contribution in [3.8, 4) is 6.07 Å². The van der Waals surface area contributed by atoms with Crippen LogP contribution in [0.3, 0.4) is 0 Å². The molecular weight excluding hydrogens is 267 g/mol. The van der Waals surface area contributed by atoms with Gasteiger partial charge in [0.1, 0.15) is 5.82 Å². The highest BCUT2D eigenvalue weighted by molar-refractivity contribution is 8.18. The molecule has 0 aliphatic carbocycles. The summed E-state index contributed by atoms with van der Waals surface area (Å²) in [7, 11) is 0. The predicted molar refractivity (Wildman–Crippen MR) is 69.3 cm³/mol. The number of rotatable bonds is 3. The van der Waals surface area contributed by atoms with Crippen LogP contribution in [0.15, 0.2) is 29.2 Å². The van der Waals surface area contributed by atoms with Gasteiger partial charge in [-0.1, -0.05) is 12.1 Å². The van der Waals surface area contributed by atoms with Crippen LogP contribution in [0.4, 0.5) is 9.18 Å². The molecule has 0 unspecified atom stereocenters. The SMILES string of the molecule is N#CCCN1C(=O)S/C(=C\c2ccc(F)cc2)C1=O. The second kappa shape index (κ2) is 5.67. The lowest BCUT2D eigenvalue weighted by atomic mass is 10.2. The molecule has 2 rings (SSSR count). The van der Waals surface area contributed by atoms with Crippen molar-refractivity contribution in [2.45, 2.75) is 6.42 Å². The third-order valence-corrected chi connectivity index (χ3v) is 3.40. The van der Waals surface area contributed by atoms with Gasteiger partial charge in [0.15, 0.2) is 0 Å². The number of nitrogens with zero attached hydrogens (tertiary/aromatic N) is 2. The molecule has 0 bridgehead atoms. The molecule has 0 aromatic heterocycles. The average molecular weight is 276 g/mol. The van der Waals surface area contributed by atoms with E-state index in [1.807, 2.05) is 6.07 Å². The predicted octanol–water partition coefficient (Wildman–Crippen LogP) is 2.78. The van der Waals surface area contributed by atoms with Crippen molar-refractivity contribution in [2.24, 2.45) is 0 Å². The van der Waals surface area contributed by atoms with Gasteiger partial charge in [0, 0.05) is 6.54 Å². The number of carbonyl (C=O) groups excluding carboxylic acids is 2. The number of halogens is 1. The van der Waals surface area contributed by atoms with Crippen LogP contribution in [0.5, 0.6) is 0 Å². The summed E-state index contributed by atoms with van der Waals surface area (Å²) in [4.78, 5) is 24.9. The summed E-state index contributed by atoms with van der Waals surface area (Å²) in [6.07, 6.45) is 1.65. The Kier molecular flexibility index (Phi) is 3.97. The fourth-order valence-corrected chi connectivity index (χ4v) is 2.43. The van der Waals surface area contributed by atoms with E-state index in [0.717, 1.165) is 16.7 Å². The van der Waals surface area contributed by atoms with E-state index in [4.69, 9.17) is 5.26 Å². The number of imide groups is 1. The van der Waals surface area contributed by atoms with Crippen molar-refractivity contribution in [1.82, 2.24) is 4.90 Å². The van der Waals surface area contributed by atoms with Crippen LogP contribution < -0.4 is 0 Å². The molecule has 2 amide bonds. The molecule has 1 aliphatic heterocycles. The summed E-state index contributed by atoms with van der Waals surface area (Å²) < 4.78 is 12.8. The highest BCUT2D eigenvalue weighted by atomic mass is 32.2. The van der Waals surface area contributed by atoms with E-state index in [-0.39, 0.29) is 28.9 Å². The molecule has 0 N–H and O–H groups in total. The van der Waals surface area contributed by atoms with Crippen LogP contribution in [0.25, 0.3) is 6.08 Å². The Morgan fingerprint density at radius 2 is 2.00 bits per heavy atom. The Hall–Kier alpha value is -2.13. The molecule has 4 nitrogen and oxygen atoms in total. The van der Waals surface area contributed by atoms with Gasteiger partial charge >= 0.3 is 0 Å². The molecule has 0 radical (unpaired) electrons. The van der Waals surface area contributed by atoms with Gasteiger partial charge in [-0.05, 0) is 35.5 Å². The second-order valence-electron chi connectivity index (χ2n) is 3.79. The van der Waals surface area contributed by atoms with Gasteiger partial charge in [0.25, 0.3) is 11.1 Å². The first-order valence-electron chi connectivity index (χ1n) is 5.49. The average Bonchev–Trinajstić information content (AvgIpc) is 2.65. The minimum atomic E-state index is -0.408. The summed E-state index contributed by atoms with van der Waals surface area (Å²) >= 11 is 0.827. The first-order valence-corrected chi connectivity index (χ1v) is 6.31. The van der Waals surface area contributed by atoms with E-state index < -0.39 is 5.91 Å². The van der Waals surface area contributed by atoms with Crippen molar-refractivity contribution >= 4 is 29.0 Å². The van der Waals surface area contributed by atoms with Gasteiger partial charge < -0.3 is 0 Å². The quantitative estimate of drug-likeness (QED) is 0.796. The van der Waals surface area contributed by atoms with Crippen LogP contribution in [0, 0.1) is 17.1 Å². The van der Waals surface area contributed by atoms with Crippen molar-refractivity contribution in [2.75, 3.05) is 6.54 Å². The monoisotopic (exact) mass is 276 g/mol. The molecule has 1 aliphatic rings. The Morgan fingerprint density at radius 3 is 2.63 bits per heavy atom. The first-order chi connectivity index (χ1) is 9.11. The van der Waals surface area contributed by atoms with E-state index in [1.165, 1.54) is 30.3 Å². The van der Waals surface area contributed by atoms with Crippen LogP contribution in [-0.2, 0) is 4.79 Å². The standard InChI is InChI=1S/C13H9FN2O2S/c14-10-4-2-9(3-5-10)8-11-12(17)16(7-1-6-15)13(18)19-11/h2-5,8H,1,7H2/b11-8-. The molecular formula is C13H9FN2O2S. The molecule has 0 saturated carbocycles. The highest BCUT2D eigenvalue weighted by Gasteiger charge is 2.34. The first kappa shape index (κ1) is 13.3. The molecule has 0 atom stereocenters. The molecule has 0 spiro atoms. The topological polar surface area (TPSA) is 61.2 Å². The van der Waals surface area contributed by atoms with Crippen LogP contribution >= 0.6 is 11.8 Å². The maximum Gasteiger partial charge on any atom is 0.293 e. The lowest BCUT2D eigenvalue weighted by Crippen LogP contribution is -2.28. The van der Waals surface area contributed by atoms with E-state index >= 15 is 0 Å². The highest BCUT2D eigenvalue weighted by Crippen LogP contribution is 2.32. The summed E-state index contributed by atoms with van der Waals surface area (Å²) in [5.74, 6) is -0.770. The zero-order valence-corrected chi connectivity index (χ0v) is 10.6. The number of hydrogen-bond acceptors (Lipinski definition) is 4. The molecule has 1 aromatic rings. The molecule has 19 heavy (non-hydrogen) atoms. The van der Waals surface area contributed by atoms with Crippen molar-refractivity contribution in [3.05, 3.63) is 40.6 Å². The van der Waals surface area contributed by atoms with E-state index in [0.29, 0.717) is 5.56 Å². The second-order valence-corrected chi connectivity index (χ2v) is 4.79. The van der Waals surface area contributed by atoms with Crippen molar-refractivity contribution < 1.29 is 14.0 Å². The summed E-state index contributed by atoms with van der Waals surface area (Å²) in [6, 6.07) is 7.51. The van der Waals surface area contributed by atoms with Crippen LogP contribution in [-0.4, -0.2) is 22.6 Å².